The Hall–Kier alpha value is -3.37. The van der Waals surface area contributed by atoms with Crippen LogP contribution in [0.1, 0.15) is 10.6 Å². The van der Waals surface area contributed by atoms with Crippen LogP contribution in [0, 0.1) is 0 Å². The van der Waals surface area contributed by atoms with Crippen LogP contribution in [-0.2, 0) is 4.79 Å². The maximum absolute atomic E-state index is 12.8. The second kappa shape index (κ2) is 8.17. The lowest BCUT2D eigenvalue weighted by molar-refractivity contribution is -0.120. The van der Waals surface area contributed by atoms with Crippen molar-refractivity contribution in [1.29, 1.82) is 0 Å². The first-order chi connectivity index (χ1) is 14.4. The number of hydrogen-bond donors (Lipinski definition) is 1. The van der Waals surface area contributed by atoms with E-state index in [4.69, 9.17) is 27.9 Å². The normalized spacial score (nSPS) is 15.8. The first kappa shape index (κ1) is 19.9. The maximum atomic E-state index is 12.8. The van der Waals surface area contributed by atoms with Gasteiger partial charge in [-0.15, -0.1) is 0 Å². The third-order valence-electron chi connectivity index (χ3n) is 4.21. The second-order valence-corrected chi connectivity index (χ2v) is 7.03. The van der Waals surface area contributed by atoms with Crippen molar-refractivity contribution in [2.75, 3.05) is 18.6 Å². The molecule has 4 rings (SSSR count). The van der Waals surface area contributed by atoms with Gasteiger partial charge in [-0.1, -0.05) is 23.2 Å². The number of amides is 2. The lowest BCUT2D eigenvalue weighted by atomic mass is 10.2. The Labute approximate surface area is 180 Å². The fourth-order valence-corrected chi connectivity index (χ4v) is 3.09. The van der Waals surface area contributed by atoms with E-state index in [0.29, 0.717) is 22.3 Å². The van der Waals surface area contributed by atoms with Gasteiger partial charge in [-0.2, -0.15) is 0 Å². The summed E-state index contributed by atoms with van der Waals surface area (Å²) < 4.78 is 5.63. The molecular formula is C18H13Cl2N7O3. The molecule has 30 heavy (non-hydrogen) atoms. The molecule has 0 saturated heterocycles. The molecule has 0 fully saturated rings. The minimum atomic E-state index is -0.991. The van der Waals surface area contributed by atoms with Crippen molar-refractivity contribution in [2.45, 2.75) is 6.04 Å². The van der Waals surface area contributed by atoms with Crippen molar-refractivity contribution in [3.8, 4) is 17.1 Å². The lowest BCUT2D eigenvalue weighted by Crippen LogP contribution is -2.49. The number of aromatic nitrogens is 5. The first-order valence-electron chi connectivity index (χ1n) is 8.59. The molecule has 1 aliphatic heterocycles. The number of ether oxygens (including phenoxy) is 1. The largest absolute Gasteiger partial charge is 0.487 e. The van der Waals surface area contributed by atoms with Gasteiger partial charge in [-0.3, -0.25) is 24.5 Å². The number of halogens is 2. The zero-order valence-electron chi connectivity index (χ0n) is 15.4. The molecule has 1 N–H and O–H groups in total. The van der Waals surface area contributed by atoms with Gasteiger partial charge < -0.3 is 10.1 Å². The summed E-state index contributed by atoms with van der Waals surface area (Å²) in [6.45, 7) is -0.117. The first-order valence-corrected chi connectivity index (χ1v) is 9.35. The second-order valence-electron chi connectivity index (χ2n) is 6.19. The van der Waals surface area contributed by atoms with Crippen LogP contribution in [0.15, 0.2) is 37.1 Å². The molecule has 4 heterocycles. The number of pyridine rings is 1. The van der Waals surface area contributed by atoms with E-state index in [1.54, 1.807) is 6.07 Å². The van der Waals surface area contributed by atoms with E-state index in [1.807, 2.05) is 0 Å². The van der Waals surface area contributed by atoms with Crippen molar-refractivity contribution in [2.24, 2.45) is 0 Å². The maximum Gasteiger partial charge on any atom is 0.289 e. The number of hydrogen-bond acceptors (Lipinski definition) is 8. The van der Waals surface area contributed by atoms with Crippen LogP contribution in [0.4, 0.5) is 5.82 Å². The number of likely N-dealkylation sites (N-methyl/N-ethyl adjacent to an activating group) is 1. The number of anilines is 1. The Morgan fingerprint density at radius 3 is 2.80 bits per heavy atom. The average Bonchev–Trinajstić information content (AvgIpc) is 2.86. The van der Waals surface area contributed by atoms with Crippen molar-refractivity contribution in [3.05, 3.63) is 52.9 Å². The molecule has 1 aliphatic rings. The van der Waals surface area contributed by atoms with Gasteiger partial charge in [0, 0.05) is 31.7 Å². The Bertz CT molecular complexity index is 1130. The molecule has 12 heteroatoms. The molecule has 0 saturated carbocycles. The highest BCUT2D eigenvalue weighted by atomic mass is 35.5. The molecule has 152 valence electrons. The molecule has 0 spiro atoms. The predicted molar refractivity (Wildman–Crippen MR) is 107 cm³/mol. The van der Waals surface area contributed by atoms with E-state index in [1.165, 1.54) is 42.9 Å². The summed E-state index contributed by atoms with van der Waals surface area (Å²) in [6, 6.07) is 0.558. The molecule has 0 aliphatic carbocycles. The number of nitrogens with one attached hydrogen (secondary N) is 1. The molecule has 3 aromatic heterocycles. The van der Waals surface area contributed by atoms with Crippen LogP contribution >= 0.6 is 23.2 Å². The van der Waals surface area contributed by atoms with Crippen LogP contribution in [-0.4, -0.2) is 56.4 Å². The number of carbonyl (C=O) groups is 2. The summed E-state index contributed by atoms with van der Waals surface area (Å²) in [6.07, 6.45) is 7.13. The van der Waals surface area contributed by atoms with Crippen LogP contribution in [0.3, 0.4) is 0 Å². The Morgan fingerprint density at radius 1 is 1.20 bits per heavy atom. The Morgan fingerprint density at radius 2 is 2.03 bits per heavy atom. The summed E-state index contributed by atoms with van der Waals surface area (Å²) in [5.41, 5.74) is 0.627. The van der Waals surface area contributed by atoms with Gasteiger partial charge in [-0.25, -0.2) is 15.0 Å². The van der Waals surface area contributed by atoms with Gasteiger partial charge in [0.25, 0.3) is 11.8 Å². The molecule has 0 aromatic carbocycles. The minimum Gasteiger partial charge on any atom is -0.487 e. The van der Waals surface area contributed by atoms with Crippen LogP contribution in [0.5, 0.6) is 5.75 Å². The molecule has 0 radical (unpaired) electrons. The molecule has 0 bridgehead atoms. The molecular weight excluding hydrogens is 433 g/mol. The fourth-order valence-electron chi connectivity index (χ4n) is 2.76. The van der Waals surface area contributed by atoms with Gasteiger partial charge in [-0.05, 0) is 0 Å². The van der Waals surface area contributed by atoms with Crippen molar-refractivity contribution < 1.29 is 14.3 Å². The standard InChI is InChI=1S/C18H13Cl2N7O3/c1-27-16-13(4-9(19)5-24-16)30-8-12(18(27)29)25-17(28)15-23-6-10(20)14(26-15)11-7-21-2-3-22-11/h2-7,12H,8H2,1H3,(H,25,28)/t12-/m0/s1. The van der Waals surface area contributed by atoms with Crippen LogP contribution in [0.25, 0.3) is 11.4 Å². The highest BCUT2D eigenvalue weighted by Gasteiger charge is 2.32. The Balaban J connectivity index is 1.57. The van der Waals surface area contributed by atoms with Gasteiger partial charge in [0.15, 0.2) is 11.6 Å². The minimum absolute atomic E-state index is 0.117. The van der Waals surface area contributed by atoms with Crippen molar-refractivity contribution in [3.63, 3.8) is 0 Å². The summed E-state index contributed by atoms with van der Waals surface area (Å²) in [7, 11) is 1.53. The highest BCUT2D eigenvalue weighted by Crippen LogP contribution is 2.30. The molecule has 2 amide bonds. The molecule has 1 atom stereocenters. The van der Waals surface area contributed by atoms with E-state index >= 15 is 0 Å². The highest BCUT2D eigenvalue weighted by molar-refractivity contribution is 6.32. The average molecular weight is 446 g/mol. The smallest absolute Gasteiger partial charge is 0.289 e. The molecule has 0 unspecified atom stereocenters. The van der Waals surface area contributed by atoms with E-state index in [0.717, 1.165) is 0 Å². The summed E-state index contributed by atoms with van der Waals surface area (Å²) in [5.74, 6) is -0.640. The summed E-state index contributed by atoms with van der Waals surface area (Å²) in [4.78, 5) is 47.1. The lowest BCUT2D eigenvalue weighted by Gasteiger charge is -2.19. The molecule has 3 aromatic rings. The number of rotatable bonds is 3. The van der Waals surface area contributed by atoms with E-state index in [9.17, 15) is 9.59 Å². The third kappa shape index (κ3) is 3.87. The van der Waals surface area contributed by atoms with E-state index in [-0.39, 0.29) is 23.1 Å². The number of nitrogens with zero attached hydrogens (tertiary/aromatic N) is 6. The zero-order chi connectivity index (χ0) is 21.3. The van der Waals surface area contributed by atoms with Gasteiger partial charge >= 0.3 is 0 Å². The quantitative estimate of drug-likeness (QED) is 0.646. The monoisotopic (exact) mass is 445 g/mol. The van der Waals surface area contributed by atoms with Gasteiger partial charge in [0.2, 0.25) is 5.82 Å². The van der Waals surface area contributed by atoms with Crippen LogP contribution in [0.2, 0.25) is 10.0 Å². The predicted octanol–water partition coefficient (Wildman–Crippen LogP) is 1.79. The number of carbonyl (C=O) groups excluding carboxylic acids is 2. The molecule has 10 nitrogen and oxygen atoms in total. The van der Waals surface area contributed by atoms with E-state index in [2.05, 4.69) is 30.2 Å². The Kier molecular flexibility index (Phi) is 5.42. The topological polar surface area (TPSA) is 123 Å². The van der Waals surface area contributed by atoms with E-state index < -0.39 is 17.9 Å². The summed E-state index contributed by atoms with van der Waals surface area (Å²) in [5, 5.41) is 3.15. The third-order valence-corrected chi connectivity index (χ3v) is 4.69. The zero-order valence-corrected chi connectivity index (χ0v) is 16.9. The van der Waals surface area contributed by atoms with Crippen molar-refractivity contribution >= 4 is 40.8 Å². The van der Waals surface area contributed by atoms with Crippen LogP contribution < -0.4 is 15.0 Å². The number of fused-ring (bicyclic) bond motifs is 1. The SMILES string of the molecule is CN1C(=O)[C@@H](NC(=O)c2ncc(Cl)c(-c3cnccn3)n2)COc2cc(Cl)cnc21. The van der Waals surface area contributed by atoms with Gasteiger partial charge in [0.1, 0.15) is 24.0 Å². The van der Waals surface area contributed by atoms with Gasteiger partial charge in [0.05, 0.1) is 22.4 Å². The fraction of sp³-hybridized carbons (Fsp3) is 0.167. The van der Waals surface area contributed by atoms with Crippen molar-refractivity contribution in [1.82, 2.24) is 30.2 Å². The summed E-state index contributed by atoms with van der Waals surface area (Å²) >= 11 is 12.1.